The van der Waals surface area contributed by atoms with E-state index < -0.39 is 6.03 Å². The second-order valence-electron chi connectivity index (χ2n) is 5.27. The SMILES string of the molecule is Cc1nccn1-c1ccc(NC(=O)c2cccc(NC(N)=O)c2)cn1. The van der Waals surface area contributed by atoms with E-state index in [1.54, 1.807) is 42.7 Å². The summed E-state index contributed by atoms with van der Waals surface area (Å²) in [6.07, 6.45) is 5.07. The second-order valence-corrected chi connectivity index (χ2v) is 5.27. The van der Waals surface area contributed by atoms with Gasteiger partial charge in [-0.25, -0.2) is 14.8 Å². The van der Waals surface area contributed by atoms with E-state index >= 15 is 0 Å². The number of amides is 3. The molecule has 0 bridgehead atoms. The van der Waals surface area contributed by atoms with Crippen LogP contribution in [-0.2, 0) is 0 Å². The van der Waals surface area contributed by atoms with Crippen LogP contribution >= 0.6 is 0 Å². The third-order valence-corrected chi connectivity index (χ3v) is 3.47. The molecule has 0 spiro atoms. The number of hydrogen-bond donors (Lipinski definition) is 3. The number of rotatable bonds is 4. The van der Waals surface area contributed by atoms with E-state index in [4.69, 9.17) is 5.73 Å². The zero-order chi connectivity index (χ0) is 17.8. The number of hydrogen-bond acceptors (Lipinski definition) is 4. The van der Waals surface area contributed by atoms with Crippen LogP contribution in [0, 0.1) is 6.92 Å². The van der Waals surface area contributed by atoms with Gasteiger partial charge in [0.1, 0.15) is 11.6 Å². The van der Waals surface area contributed by atoms with Crippen LogP contribution in [-0.4, -0.2) is 26.5 Å². The molecule has 4 N–H and O–H groups in total. The number of nitrogens with two attached hydrogens (primary N) is 1. The van der Waals surface area contributed by atoms with Gasteiger partial charge in [-0.15, -0.1) is 0 Å². The maximum Gasteiger partial charge on any atom is 0.316 e. The third-order valence-electron chi connectivity index (χ3n) is 3.47. The summed E-state index contributed by atoms with van der Waals surface area (Å²) in [6.45, 7) is 1.88. The number of nitrogens with zero attached hydrogens (tertiary/aromatic N) is 3. The van der Waals surface area contributed by atoms with E-state index in [9.17, 15) is 9.59 Å². The maximum atomic E-state index is 12.3. The number of aromatic nitrogens is 3. The number of anilines is 2. The van der Waals surface area contributed by atoms with E-state index in [-0.39, 0.29) is 5.91 Å². The van der Waals surface area contributed by atoms with Crippen molar-refractivity contribution in [1.82, 2.24) is 14.5 Å². The van der Waals surface area contributed by atoms with Crippen molar-refractivity contribution < 1.29 is 9.59 Å². The van der Waals surface area contributed by atoms with E-state index in [2.05, 4.69) is 20.6 Å². The zero-order valence-corrected chi connectivity index (χ0v) is 13.4. The molecular formula is C17H16N6O2. The first-order chi connectivity index (χ1) is 12.0. The van der Waals surface area contributed by atoms with Crippen molar-refractivity contribution in [2.45, 2.75) is 6.92 Å². The monoisotopic (exact) mass is 336 g/mol. The van der Waals surface area contributed by atoms with Crippen LogP contribution < -0.4 is 16.4 Å². The van der Waals surface area contributed by atoms with Gasteiger partial charge in [-0.2, -0.15) is 0 Å². The molecule has 3 amide bonds. The highest BCUT2D eigenvalue weighted by atomic mass is 16.2. The van der Waals surface area contributed by atoms with Gasteiger partial charge >= 0.3 is 6.03 Å². The minimum atomic E-state index is -0.688. The predicted octanol–water partition coefficient (Wildman–Crippen LogP) is 2.32. The minimum absolute atomic E-state index is 0.318. The van der Waals surface area contributed by atoms with Gasteiger partial charge in [0.05, 0.1) is 11.9 Å². The molecule has 0 saturated heterocycles. The highest BCUT2D eigenvalue weighted by Crippen LogP contribution is 2.15. The number of carbonyl (C=O) groups is 2. The van der Waals surface area contributed by atoms with E-state index in [0.717, 1.165) is 5.82 Å². The Balaban J connectivity index is 1.73. The third kappa shape index (κ3) is 3.81. The molecule has 1 aromatic carbocycles. The van der Waals surface area contributed by atoms with Gasteiger partial charge in [0.15, 0.2) is 0 Å². The standard InChI is InChI=1S/C17H16N6O2/c1-11-19-7-8-23(11)15-6-5-14(10-20-15)21-16(24)12-3-2-4-13(9-12)22-17(18)25/h2-10H,1H3,(H,21,24)(H3,18,22,25). The first-order valence-corrected chi connectivity index (χ1v) is 7.47. The fourth-order valence-electron chi connectivity index (χ4n) is 2.31. The van der Waals surface area contributed by atoms with Crippen LogP contribution in [0.25, 0.3) is 5.82 Å². The van der Waals surface area contributed by atoms with Gasteiger partial charge < -0.3 is 16.4 Å². The molecule has 0 aliphatic rings. The summed E-state index contributed by atoms with van der Waals surface area (Å²) in [7, 11) is 0. The Kier molecular flexibility index (Phi) is 4.42. The number of carbonyl (C=O) groups excluding carboxylic acids is 2. The van der Waals surface area contributed by atoms with E-state index in [0.29, 0.717) is 22.8 Å². The van der Waals surface area contributed by atoms with E-state index in [1.165, 1.54) is 6.07 Å². The molecule has 0 atom stereocenters. The average Bonchev–Trinajstić information content (AvgIpc) is 3.01. The van der Waals surface area contributed by atoms with Crippen LogP contribution in [0.4, 0.5) is 16.2 Å². The van der Waals surface area contributed by atoms with Gasteiger partial charge in [0.25, 0.3) is 5.91 Å². The lowest BCUT2D eigenvalue weighted by molar-refractivity contribution is 0.102. The topological polar surface area (TPSA) is 115 Å². The van der Waals surface area contributed by atoms with Gasteiger partial charge in [-0.3, -0.25) is 9.36 Å². The highest BCUT2D eigenvalue weighted by molar-refractivity contribution is 6.05. The van der Waals surface area contributed by atoms with Gasteiger partial charge in [-0.05, 0) is 37.3 Å². The lowest BCUT2D eigenvalue weighted by Crippen LogP contribution is -2.19. The Bertz CT molecular complexity index is 917. The van der Waals surface area contributed by atoms with Crippen molar-refractivity contribution in [2.75, 3.05) is 10.6 Å². The summed E-state index contributed by atoms with van der Waals surface area (Å²) < 4.78 is 1.84. The fraction of sp³-hybridized carbons (Fsp3) is 0.0588. The molecule has 0 radical (unpaired) electrons. The lowest BCUT2D eigenvalue weighted by Gasteiger charge is -2.08. The lowest BCUT2D eigenvalue weighted by atomic mass is 10.2. The number of pyridine rings is 1. The van der Waals surface area contributed by atoms with Crippen molar-refractivity contribution in [3.05, 3.63) is 66.4 Å². The maximum absolute atomic E-state index is 12.3. The van der Waals surface area contributed by atoms with Gasteiger partial charge in [0.2, 0.25) is 0 Å². The van der Waals surface area contributed by atoms with Crippen LogP contribution in [0.15, 0.2) is 55.0 Å². The Labute approximate surface area is 143 Å². The predicted molar refractivity (Wildman–Crippen MR) is 93.7 cm³/mol. The summed E-state index contributed by atoms with van der Waals surface area (Å²) in [5, 5.41) is 5.19. The van der Waals surface area contributed by atoms with Crippen molar-refractivity contribution in [2.24, 2.45) is 5.73 Å². The van der Waals surface area contributed by atoms with Gasteiger partial charge in [-0.1, -0.05) is 6.07 Å². The molecule has 2 heterocycles. The number of primary amides is 1. The average molecular weight is 336 g/mol. The van der Waals surface area contributed by atoms with Crippen LogP contribution in [0.5, 0.6) is 0 Å². The molecule has 0 aliphatic carbocycles. The molecule has 0 unspecified atom stereocenters. The Morgan fingerprint density at radius 1 is 1.08 bits per heavy atom. The summed E-state index contributed by atoms with van der Waals surface area (Å²) in [5.74, 6) is 1.21. The van der Waals surface area contributed by atoms with Crippen LogP contribution in [0.3, 0.4) is 0 Å². The van der Waals surface area contributed by atoms with Crippen LogP contribution in [0.1, 0.15) is 16.2 Å². The largest absolute Gasteiger partial charge is 0.351 e. The normalized spacial score (nSPS) is 10.3. The summed E-state index contributed by atoms with van der Waals surface area (Å²) in [6, 6.07) is 9.33. The first-order valence-electron chi connectivity index (χ1n) is 7.47. The molecule has 8 nitrogen and oxygen atoms in total. The number of urea groups is 1. The molecule has 3 rings (SSSR count). The van der Waals surface area contributed by atoms with Crippen molar-refractivity contribution in [3.8, 4) is 5.82 Å². The molecule has 25 heavy (non-hydrogen) atoms. The molecular weight excluding hydrogens is 320 g/mol. The van der Waals surface area contributed by atoms with Gasteiger partial charge in [0, 0.05) is 23.6 Å². The molecule has 0 aliphatic heterocycles. The minimum Gasteiger partial charge on any atom is -0.351 e. The molecule has 3 aromatic rings. The Morgan fingerprint density at radius 3 is 2.56 bits per heavy atom. The Hall–Kier alpha value is -3.68. The quantitative estimate of drug-likeness (QED) is 0.678. The zero-order valence-electron chi connectivity index (χ0n) is 13.4. The van der Waals surface area contributed by atoms with Crippen LogP contribution in [0.2, 0.25) is 0 Å². The summed E-state index contributed by atoms with van der Waals surface area (Å²) in [5.41, 5.74) is 6.47. The number of aryl methyl sites for hydroxylation is 1. The summed E-state index contributed by atoms with van der Waals surface area (Å²) >= 11 is 0. The summed E-state index contributed by atoms with van der Waals surface area (Å²) in [4.78, 5) is 31.7. The Morgan fingerprint density at radius 2 is 1.92 bits per heavy atom. The fourth-order valence-corrected chi connectivity index (χ4v) is 2.31. The molecule has 0 fully saturated rings. The molecule has 2 aromatic heterocycles. The number of nitrogens with one attached hydrogen (secondary N) is 2. The smallest absolute Gasteiger partial charge is 0.316 e. The highest BCUT2D eigenvalue weighted by Gasteiger charge is 2.08. The number of imidazole rings is 1. The van der Waals surface area contributed by atoms with Crippen molar-refractivity contribution in [1.29, 1.82) is 0 Å². The second kappa shape index (κ2) is 6.83. The molecule has 8 heteroatoms. The molecule has 126 valence electrons. The number of benzene rings is 1. The molecule has 0 saturated carbocycles. The van der Waals surface area contributed by atoms with E-state index in [1.807, 2.05) is 17.7 Å². The van der Waals surface area contributed by atoms with Crippen molar-refractivity contribution in [3.63, 3.8) is 0 Å². The van der Waals surface area contributed by atoms with Crippen molar-refractivity contribution >= 4 is 23.3 Å². The first kappa shape index (κ1) is 16.2.